The molecule has 1 rings (SSSR count). The number of amides is 2. The van der Waals surface area contributed by atoms with Crippen molar-refractivity contribution in [3.05, 3.63) is 0 Å². The Labute approximate surface area is 114 Å². The van der Waals surface area contributed by atoms with Crippen molar-refractivity contribution in [2.45, 2.75) is 52.1 Å². The number of hydrogen-bond acceptors (Lipinski definition) is 4. The normalized spacial score (nSPS) is 26.4. The lowest BCUT2D eigenvalue weighted by molar-refractivity contribution is 0.129. The zero-order valence-electron chi connectivity index (χ0n) is 11.9. The molecular weight excluding hydrogens is 248 g/mol. The molecule has 0 bridgehead atoms. The molecule has 110 valence electrons. The molecule has 6 heteroatoms. The van der Waals surface area contributed by atoms with Gasteiger partial charge in [-0.3, -0.25) is 0 Å². The van der Waals surface area contributed by atoms with Crippen LogP contribution in [0.2, 0.25) is 0 Å². The van der Waals surface area contributed by atoms with Gasteiger partial charge in [-0.2, -0.15) is 0 Å². The molecule has 1 saturated carbocycles. The lowest BCUT2D eigenvalue weighted by atomic mass is 9.83. The highest BCUT2D eigenvalue weighted by atomic mass is 16.6. The molecule has 2 N–H and O–H groups in total. The molecule has 1 aliphatic carbocycles. The zero-order chi connectivity index (χ0) is 14.3. The summed E-state index contributed by atoms with van der Waals surface area (Å²) in [5.41, 5.74) is 0. The van der Waals surface area contributed by atoms with Crippen molar-refractivity contribution >= 4 is 12.2 Å². The third-order valence-corrected chi connectivity index (χ3v) is 3.37. The van der Waals surface area contributed by atoms with Gasteiger partial charge in [0.25, 0.3) is 0 Å². The summed E-state index contributed by atoms with van der Waals surface area (Å²) in [7, 11) is 0. The number of nitrogens with one attached hydrogen (secondary N) is 2. The van der Waals surface area contributed by atoms with Crippen LogP contribution in [-0.4, -0.2) is 37.5 Å². The van der Waals surface area contributed by atoms with Gasteiger partial charge in [0.2, 0.25) is 0 Å². The van der Waals surface area contributed by atoms with Gasteiger partial charge >= 0.3 is 12.2 Å². The van der Waals surface area contributed by atoms with Gasteiger partial charge in [-0.1, -0.05) is 6.92 Å². The summed E-state index contributed by atoms with van der Waals surface area (Å²) in [6.07, 6.45) is 1.78. The largest absolute Gasteiger partial charge is 0.450 e. The molecule has 19 heavy (non-hydrogen) atoms. The Balaban J connectivity index is 2.43. The van der Waals surface area contributed by atoms with Crippen LogP contribution in [0.4, 0.5) is 9.59 Å². The molecule has 1 aliphatic rings. The molecule has 0 aromatic carbocycles. The van der Waals surface area contributed by atoms with Crippen molar-refractivity contribution in [2.24, 2.45) is 5.92 Å². The second-order valence-electron chi connectivity index (χ2n) is 4.82. The third-order valence-electron chi connectivity index (χ3n) is 3.37. The van der Waals surface area contributed by atoms with Crippen molar-refractivity contribution in [2.75, 3.05) is 13.2 Å². The fourth-order valence-electron chi connectivity index (χ4n) is 2.32. The van der Waals surface area contributed by atoms with E-state index in [1.165, 1.54) is 0 Å². The van der Waals surface area contributed by atoms with Crippen molar-refractivity contribution in [3.8, 4) is 0 Å². The van der Waals surface area contributed by atoms with E-state index in [2.05, 4.69) is 17.6 Å². The van der Waals surface area contributed by atoms with Crippen LogP contribution in [-0.2, 0) is 9.47 Å². The number of ether oxygens (including phenoxy) is 2. The Bertz CT molecular complexity index is 309. The van der Waals surface area contributed by atoms with Gasteiger partial charge in [0.15, 0.2) is 0 Å². The Morgan fingerprint density at radius 3 is 2.21 bits per heavy atom. The fourth-order valence-corrected chi connectivity index (χ4v) is 2.32. The van der Waals surface area contributed by atoms with Crippen LogP contribution < -0.4 is 10.6 Å². The molecule has 1 fully saturated rings. The van der Waals surface area contributed by atoms with E-state index in [0.29, 0.717) is 25.6 Å². The van der Waals surface area contributed by atoms with Crippen LogP contribution in [0, 0.1) is 5.92 Å². The molecule has 0 heterocycles. The molecule has 6 nitrogen and oxygen atoms in total. The van der Waals surface area contributed by atoms with E-state index in [1.807, 2.05) is 0 Å². The van der Waals surface area contributed by atoms with Crippen LogP contribution in [0.1, 0.15) is 40.0 Å². The molecule has 3 unspecified atom stereocenters. The first-order valence-electron chi connectivity index (χ1n) is 6.93. The van der Waals surface area contributed by atoms with Gasteiger partial charge in [-0.15, -0.1) is 0 Å². The summed E-state index contributed by atoms with van der Waals surface area (Å²) in [4.78, 5) is 22.8. The van der Waals surface area contributed by atoms with Crippen LogP contribution in [0.5, 0.6) is 0 Å². The highest BCUT2D eigenvalue weighted by molar-refractivity contribution is 5.68. The van der Waals surface area contributed by atoms with E-state index >= 15 is 0 Å². The quantitative estimate of drug-likeness (QED) is 0.821. The van der Waals surface area contributed by atoms with E-state index in [9.17, 15) is 9.59 Å². The summed E-state index contributed by atoms with van der Waals surface area (Å²) in [5.74, 6) is 0.379. The topological polar surface area (TPSA) is 76.7 Å². The van der Waals surface area contributed by atoms with E-state index in [0.717, 1.165) is 12.8 Å². The molecule has 0 aromatic rings. The molecule has 0 aliphatic heterocycles. The SMILES string of the molecule is CCOC(=O)NC1CCC(C)C(NC(=O)OCC)C1. The fraction of sp³-hybridized carbons (Fsp3) is 0.846. The summed E-state index contributed by atoms with van der Waals surface area (Å²) in [5, 5.41) is 5.67. The first-order valence-corrected chi connectivity index (χ1v) is 6.93. The molecule has 0 aromatic heterocycles. The molecule has 3 atom stereocenters. The smallest absolute Gasteiger partial charge is 0.407 e. The van der Waals surface area contributed by atoms with Gasteiger partial charge in [0.1, 0.15) is 0 Å². The number of hydrogen-bond donors (Lipinski definition) is 2. The molecule has 0 saturated heterocycles. The highest BCUT2D eigenvalue weighted by Crippen LogP contribution is 2.24. The van der Waals surface area contributed by atoms with Gasteiger partial charge < -0.3 is 20.1 Å². The van der Waals surface area contributed by atoms with Gasteiger partial charge in [0, 0.05) is 12.1 Å². The Kier molecular flexibility index (Phi) is 6.45. The van der Waals surface area contributed by atoms with Crippen LogP contribution in [0.15, 0.2) is 0 Å². The Morgan fingerprint density at radius 2 is 1.63 bits per heavy atom. The van der Waals surface area contributed by atoms with Crippen molar-refractivity contribution < 1.29 is 19.1 Å². The van der Waals surface area contributed by atoms with Crippen LogP contribution in [0.3, 0.4) is 0 Å². The van der Waals surface area contributed by atoms with E-state index in [1.54, 1.807) is 13.8 Å². The average molecular weight is 272 g/mol. The maximum atomic E-state index is 11.4. The number of alkyl carbamates (subject to hydrolysis) is 2. The Hall–Kier alpha value is -1.46. The highest BCUT2D eigenvalue weighted by Gasteiger charge is 2.30. The monoisotopic (exact) mass is 272 g/mol. The minimum absolute atomic E-state index is 0.0275. The molecular formula is C13H24N2O4. The number of carbonyl (C=O) groups is 2. The predicted molar refractivity (Wildman–Crippen MR) is 70.9 cm³/mol. The predicted octanol–water partition coefficient (Wildman–Crippen LogP) is 2.04. The lowest BCUT2D eigenvalue weighted by Gasteiger charge is -2.34. The molecule has 0 radical (unpaired) electrons. The van der Waals surface area contributed by atoms with E-state index < -0.39 is 12.2 Å². The second-order valence-corrected chi connectivity index (χ2v) is 4.82. The van der Waals surface area contributed by atoms with Crippen molar-refractivity contribution in [3.63, 3.8) is 0 Å². The maximum absolute atomic E-state index is 11.4. The number of carbonyl (C=O) groups excluding carboxylic acids is 2. The first-order chi connectivity index (χ1) is 9.06. The average Bonchev–Trinajstić information content (AvgIpc) is 2.34. The first kappa shape index (κ1) is 15.6. The minimum Gasteiger partial charge on any atom is -0.450 e. The van der Waals surface area contributed by atoms with Crippen LogP contribution >= 0.6 is 0 Å². The standard InChI is InChI=1S/C13H24N2O4/c1-4-18-12(16)14-10-7-6-9(3)11(8-10)15-13(17)19-5-2/h9-11H,4-8H2,1-3H3,(H,14,16)(H,15,17). The van der Waals surface area contributed by atoms with Gasteiger partial charge in [-0.25, -0.2) is 9.59 Å². The summed E-state index contributed by atoms with van der Waals surface area (Å²) < 4.78 is 9.75. The maximum Gasteiger partial charge on any atom is 0.407 e. The molecule has 0 spiro atoms. The minimum atomic E-state index is -0.392. The Morgan fingerprint density at radius 1 is 1.05 bits per heavy atom. The molecule has 2 amide bonds. The number of rotatable bonds is 4. The van der Waals surface area contributed by atoms with E-state index in [-0.39, 0.29) is 12.1 Å². The lowest BCUT2D eigenvalue weighted by Crippen LogP contribution is -2.49. The van der Waals surface area contributed by atoms with Crippen LogP contribution in [0.25, 0.3) is 0 Å². The van der Waals surface area contributed by atoms with Crippen molar-refractivity contribution in [1.29, 1.82) is 0 Å². The third kappa shape index (κ3) is 5.36. The second kappa shape index (κ2) is 7.86. The summed E-state index contributed by atoms with van der Waals surface area (Å²) in [6.45, 7) is 6.36. The van der Waals surface area contributed by atoms with Crippen molar-refractivity contribution in [1.82, 2.24) is 10.6 Å². The van der Waals surface area contributed by atoms with Gasteiger partial charge in [-0.05, 0) is 39.0 Å². The summed E-state index contributed by atoms with van der Waals surface area (Å²) in [6, 6.07) is 0.0712. The zero-order valence-corrected chi connectivity index (χ0v) is 11.9. The van der Waals surface area contributed by atoms with E-state index in [4.69, 9.17) is 9.47 Å². The van der Waals surface area contributed by atoms with Gasteiger partial charge in [0.05, 0.1) is 13.2 Å². The summed E-state index contributed by atoms with van der Waals surface area (Å²) >= 11 is 0.